The number of benzene rings is 2. The van der Waals surface area contributed by atoms with Gasteiger partial charge in [0.2, 0.25) is 5.91 Å². The lowest BCUT2D eigenvalue weighted by molar-refractivity contribution is -0.116. The van der Waals surface area contributed by atoms with Crippen LogP contribution in [0.5, 0.6) is 11.8 Å². The van der Waals surface area contributed by atoms with Gasteiger partial charge in [-0.25, -0.2) is 4.98 Å². The third-order valence-corrected chi connectivity index (χ3v) is 4.31. The maximum atomic E-state index is 12.6. The summed E-state index contributed by atoms with van der Waals surface area (Å²) in [5.74, 6) is 0.486. The number of carbonyl (C=O) groups excluding carboxylic acids is 1. The Labute approximate surface area is 162 Å². The monoisotopic (exact) mass is 373 g/mol. The van der Waals surface area contributed by atoms with Crippen LogP contribution in [0, 0.1) is 13.8 Å². The van der Waals surface area contributed by atoms with E-state index in [0.717, 1.165) is 11.0 Å². The molecule has 0 saturated carbocycles. The highest BCUT2D eigenvalue weighted by atomic mass is 16.5. The maximum absolute atomic E-state index is 12.6. The van der Waals surface area contributed by atoms with Gasteiger partial charge in [-0.3, -0.25) is 4.79 Å². The van der Waals surface area contributed by atoms with E-state index in [2.05, 4.69) is 20.3 Å². The largest absolute Gasteiger partial charge is 0.424 e. The summed E-state index contributed by atoms with van der Waals surface area (Å²) < 4.78 is 7.49. The average Bonchev–Trinajstić information content (AvgIpc) is 3.08. The highest BCUT2D eigenvalue weighted by Crippen LogP contribution is 2.23. The minimum Gasteiger partial charge on any atom is -0.424 e. The van der Waals surface area contributed by atoms with Crippen LogP contribution in [0.15, 0.2) is 60.9 Å². The zero-order chi connectivity index (χ0) is 19.5. The SMILES string of the molecule is Cc1nc(Oc2ccccc2)nc(C)c1NC(=O)Cn1cnc2ccccc21. The molecule has 0 aliphatic rings. The van der Waals surface area contributed by atoms with Crippen LogP contribution < -0.4 is 10.1 Å². The number of rotatable bonds is 5. The summed E-state index contributed by atoms with van der Waals surface area (Å²) in [6.07, 6.45) is 1.66. The van der Waals surface area contributed by atoms with Gasteiger partial charge in [0.15, 0.2) is 0 Å². The lowest BCUT2D eigenvalue weighted by atomic mass is 10.2. The molecule has 4 rings (SSSR count). The van der Waals surface area contributed by atoms with Gasteiger partial charge in [0.25, 0.3) is 0 Å². The summed E-state index contributed by atoms with van der Waals surface area (Å²) in [7, 11) is 0. The van der Waals surface area contributed by atoms with Crippen molar-refractivity contribution in [1.29, 1.82) is 0 Å². The first kappa shape index (κ1) is 17.7. The van der Waals surface area contributed by atoms with E-state index in [4.69, 9.17) is 4.74 Å². The minimum atomic E-state index is -0.172. The summed E-state index contributed by atoms with van der Waals surface area (Å²) in [6.45, 7) is 3.78. The molecule has 7 nitrogen and oxygen atoms in total. The molecule has 1 N–H and O–H groups in total. The van der Waals surface area contributed by atoms with Gasteiger partial charge in [-0.1, -0.05) is 30.3 Å². The fraction of sp³-hybridized carbons (Fsp3) is 0.143. The van der Waals surface area contributed by atoms with Crippen molar-refractivity contribution in [3.63, 3.8) is 0 Å². The molecule has 0 fully saturated rings. The van der Waals surface area contributed by atoms with Crippen molar-refractivity contribution >= 4 is 22.6 Å². The fourth-order valence-electron chi connectivity index (χ4n) is 2.98. The standard InChI is InChI=1S/C21H19N5O2/c1-14-20(15(2)24-21(23-14)28-16-8-4-3-5-9-16)25-19(27)12-26-13-22-17-10-6-7-11-18(17)26/h3-11,13H,12H2,1-2H3,(H,25,27). The second-order valence-corrected chi connectivity index (χ2v) is 6.38. The molecule has 0 aliphatic heterocycles. The van der Waals surface area contributed by atoms with Gasteiger partial charge in [-0.2, -0.15) is 9.97 Å². The zero-order valence-corrected chi connectivity index (χ0v) is 15.6. The van der Waals surface area contributed by atoms with Crippen LogP contribution in [0.2, 0.25) is 0 Å². The van der Waals surface area contributed by atoms with E-state index in [1.807, 2.05) is 73.0 Å². The quantitative estimate of drug-likeness (QED) is 0.574. The summed E-state index contributed by atoms with van der Waals surface area (Å²) >= 11 is 0. The van der Waals surface area contributed by atoms with Gasteiger partial charge in [-0.05, 0) is 38.1 Å². The molecule has 4 aromatic rings. The van der Waals surface area contributed by atoms with Crippen molar-refractivity contribution < 1.29 is 9.53 Å². The van der Waals surface area contributed by atoms with E-state index < -0.39 is 0 Å². The van der Waals surface area contributed by atoms with Crippen LogP contribution in [0.25, 0.3) is 11.0 Å². The number of nitrogens with one attached hydrogen (secondary N) is 1. The molecule has 28 heavy (non-hydrogen) atoms. The van der Waals surface area contributed by atoms with E-state index in [1.165, 1.54) is 0 Å². The molecular weight excluding hydrogens is 354 g/mol. The Morgan fingerprint density at radius 1 is 1.00 bits per heavy atom. The predicted molar refractivity (Wildman–Crippen MR) is 106 cm³/mol. The van der Waals surface area contributed by atoms with Gasteiger partial charge in [0.05, 0.1) is 34.4 Å². The third-order valence-electron chi connectivity index (χ3n) is 4.31. The fourth-order valence-corrected chi connectivity index (χ4v) is 2.98. The molecule has 0 saturated heterocycles. The van der Waals surface area contributed by atoms with Crippen molar-refractivity contribution in [2.24, 2.45) is 0 Å². The van der Waals surface area contributed by atoms with Crippen molar-refractivity contribution in [3.05, 3.63) is 72.3 Å². The normalized spacial score (nSPS) is 10.8. The number of amides is 1. The van der Waals surface area contributed by atoms with Crippen LogP contribution in [-0.2, 0) is 11.3 Å². The van der Waals surface area contributed by atoms with E-state index in [-0.39, 0.29) is 18.5 Å². The number of hydrogen-bond donors (Lipinski definition) is 1. The smallest absolute Gasteiger partial charge is 0.322 e. The van der Waals surface area contributed by atoms with Crippen LogP contribution in [0.4, 0.5) is 5.69 Å². The van der Waals surface area contributed by atoms with Crippen molar-refractivity contribution in [3.8, 4) is 11.8 Å². The molecule has 7 heteroatoms. The molecule has 0 spiro atoms. The molecule has 2 aromatic heterocycles. The molecule has 0 bridgehead atoms. The van der Waals surface area contributed by atoms with E-state index in [1.54, 1.807) is 6.33 Å². The maximum Gasteiger partial charge on any atom is 0.322 e. The lowest BCUT2D eigenvalue weighted by Crippen LogP contribution is -2.20. The Morgan fingerprint density at radius 2 is 1.68 bits per heavy atom. The van der Waals surface area contributed by atoms with E-state index in [9.17, 15) is 4.79 Å². The molecule has 0 aliphatic carbocycles. The number of carbonyl (C=O) groups is 1. The van der Waals surface area contributed by atoms with Crippen molar-refractivity contribution in [2.75, 3.05) is 5.32 Å². The molecule has 2 heterocycles. The predicted octanol–water partition coefficient (Wildman–Crippen LogP) is 3.87. The van der Waals surface area contributed by atoms with Gasteiger partial charge < -0.3 is 14.6 Å². The van der Waals surface area contributed by atoms with Gasteiger partial charge >= 0.3 is 6.01 Å². The van der Waals surface area contributed by atoms with Crippen LogP contribution in [-0.4, -0.2) is 25.4 Å². The number of hydrogen-bond acceptors (Lipinski definition) is 5. The molecule has 2 aromatic carbocycles. The number of anilines is 1. The topological polar surface area (TPSA) is 81.9 Å². The first-order chi connectivity index (χ1) is 13.6. The van der Waals surface area contributed by atoms with Crippen LogP contribution in [0.3, 0.4) is 0 Å². The number of aryl methyl sites for hydroxylation is 2. The van der Waals surface area contributed by atoms with Crippen LogP contribution >= 0.6 is 0 Å². The average molecular weight is 373 g/mol. The second kappa shape index (κ2) is 7.48. The zero-order valence-electron chi connectivity index (χ0n) is 15.6. The lowest BCUT2D eigenvalue weighted by Gasteiger charge is -2.13. The number of para-hydroxylation sites is 3. The molecule has 0 atom stereocenters. The summed E-state index contributed by atoms with van der Waals surface area (Å²) in [6, 6.07) is 17.3. The highest BCUT2D eigenvalue weighted by molar-refractivity contribution is 5.92. The minimum absolute atomic E-state index is 0.154. The molecule has 140 valence electrons. The van der Waals surface area contributed by atoms with Gasteiger partial charge in [-0.15, -0.1) is 0 Å². The first-order valence-electron chi connectivity index (χ1n) is 8.88. The second-order valence-electron chi connectivity index (χ2n) is 6.38. The Hall–Kier alpha value is -3.74. The molecule has 1 amide bonds. The van der Waals surface area contributed by atoms with Gasteiger partial charge in [0.1, 0.15) is 12.3 Å². The molecule has 0 unspecified atom stereocenters. The number of ether oxygens (including phenoxy) is 1. The number of nitrogens with zero attached hydrogens (tertiary/aromatic N) is 4. The van der Waals surface area contributed by atoms with Crippen molar-refractivity contribution in [2.45, 2.75) is 20.4 Å². The van der Waals surface area contributed by atoms with E-state index in [0.29, 0.717) is 22.8 Å². The Morgan fingerprint density at radius 3 is 2.43 bits per heavy atom. The van der Waals surface area contributed by atoms with Crippen LogP contribution in [0.1, 0.15) is 11.4 Å². The molecule has 0 radical (unpaired) electrons. The number of imidazole rings is 1. The first-order valence-corrected chi connectivity index (χ1v) is 8.88. The van der Waals surface area contributed by atoms with Gasteiger partial charge in [0, 0.05) is 0 Å². The Balaban J connectivity index is 1.50. The van der Waals surface area contributed by atoms with Crippen molar-refractivity contribution in [1.82, 2.24) is 19.5 Å². The summed E-state index contributed by atoms with van der Waals surface area (Å²) in [4.78, 5) is 25.6. The van der Waals surface area contributed by atoms with E-state index >= 15 is 0 Å². The highest BCUT2D eigenvalue weighted by Gasteiger charge is 2.14. The number of aromatic nitrogens is 4. The number of fused-ring (bicyclic) bond motifs is 1. The molecular formula is C21H19N5O2. The third kappa shape index (κ3) is 3.68. The summed E-state index contributed by atoms with van der Waals surface area (Å²) in [5, 5.41) is 2.90. The Bertz CT molecular complexity index is 1110. The Kier molecular flexibility index (Phi) is 4.72. The summed E-state index contributed by atoms with van der Waals surface area (Å²) in [5.41, 5.74) is 3.64.